The first-order valence-electron chi connectivity index (χ1n) is 19.5. The Labute approximate surface area is 342 Å². The zero-order valence-corrected chi connectivity index (χ0v) is 35.5. The number of carbonyl (C=O) groups excluding carboxylic acids is 3. The van der Waals surface area contributed by atoms with E-state index >= 15 is 0 Å². The molecule has 55 heavy (non-hydrogen) atoms. The van der Waals surface area contributed by atoms with Gasteiger partial charge in [-0.15, -0.1) is 40.1 Å². The summed E-state index contributed by atoms with van der Waals surface area (Å²) in [4.78, 5) is 51.1. The van der Waals surface area contributed by atoms with Crippen LogP contribution in [0, 0.1) is 43.4 Å². The molecule has 0 N–H and O–H groups in total. The van der Waals surface area contributed by atoms with E-state index in [1.807, 2.05) is 31.2 Å². The number of fused-ring (bicyclic) bond motifs is 8. The molecular formula is C45H54MgN4O5-2. The number of ether oxygens (including phenoxy) is 2. The summed E-state index contributed by atoms with van der Waals surface area (Å²) in [5, 5.41) is 11.5. The van der Waals surface area contributed by atoms with Gasteiger partial charge in [0.2, 0.25) is 0 Å². The van der Waals surface area contributed by atoms with Gasteiger partial charge in [-0.2, -0.15) is 5.70 Å². The predicted octanol–water partition coefficient (Wildman–Crippen LogP) is 7.17. The van der Waals surface area contributed by atoms with Crippen LogP contribution in [0.5, 0.6) is 0 Å². The minimum Gasteiger partial charge on any atom is -0.681 e. The van der Waals surface area contributed by atoms with Crippen molar-refractivity contribution < 1.29 is 23.9 Å². The normalized spacial score (nSPS) is 25.3. The Morgan fingerprint density at radius 1 is 1.02 bits per heavy atom. The molecule has 0 radical (unpaired) electrons. The SMILES string of the molecule is C=C[C@@H]1C(C)=C2/C=C3\[N-]C(C4=c5[n-]/c(c(C)c5C(=O)[C@@H]4C(=O)OC)=C\c4[n-]c(c(C)c4CC)/C=C/1[N-]2)[C@@H](CCC(=O)OC/C=C(/C)CCCC(C)C)[C@@H]3C.[Mg+2]. The summed E-state index contributed by atoms with van der Waals surface area (Å²) in [6.07, 6.45) is 14.6. The van der Waals surface area contributed by atoms with Crippen LogP contribution < -0.4 is 20.7 Å². The van der Waals surface area contributed by atoms with Crippen LogP contribution in [0.2, 0.25) is 0 Å². The Bertz CT molecular complexity index is 2130. The van der Waals surface area contributed by atoms with Crippen LogP contribution in [0.15, 0.2) is 53.0 Å². The van der Waals surface area contributed by atoms with Gasteiger partial charge in [-0.1, -0.05) is 97.9 Å². The Morgan fingerprint density at radius 2 is 1.76 bits per heavy atom. The van der Waals surface area contributed by atoms with Crippen molar-refractivity contribution in [2.24, 2.45) is 29.6 Å². The van der Waals surface area contributed by atoms with Gasteiger partial charge in [0.15, 0.2) is 5.78 Å². The molecule has 0 spiro atoms. The summed E-state index contributed by atoms with van der Waals surface area (Å²) in [5.74, 6) is -2.23. The summed E-state index contributed by atoms with van der Waals surface area (Å²) in [7, 11) is 1.30. The molecule has 9 nitrogen and oxygen atoms in total. The topological polar surface area (TPSA) is 126 Å². The number of rotatable bonds is 12. The standard InChI is InChI=1S/C45H55N4O5.Mg/c1-11-29-25(6)32-20-34-27(8)31(16-17-38(50)54-19-18-24(5)15-13-14-23(3)4)42(48-34)40-41(45(52)53-10)44(51)39-28(9)35(49-43(39)40)22-37-30(12-2)26(7)33(47-37)21-36(29)46-32;/h11,18,20-23,27,29,31,41-42H,1,12-17,19H2,2-10H3,(H-,46,47,51);/q-3;+2/p-1/b24-18-,34-20-;/t27-,29+,31-,41+,42?;/m0./s1. The molecule has 288 valence electrons. The van der Waals surface area contributed by atoms with E-state index in [1.165, 1.54) is 19.1 Å². The average Bonchev–Trinajstić information content (AvgIpc) is 3.87. The number of methoxy groups -OCH3 is 1. The smallest absolute Gasteiger partial charge is 0.681 e. The van der Waals surface area contributed by atoms with E-state index in [1.54, 1.807) is 0 Å². The van der Waals surface area contributed by atoms with Crippen LogP contribution in [0.25, 0.3) is 28.4 Å². The van der Waals surface area contributed by atoms with Gasteiger partial charge in [-0.05, 0) is 77.2 Å². The minimum atomic E-state index is -1.17. The van der Waals surface area contributed by atoms with Crippen LogP contribution in [-0.2, 0) is 25.5 Å². The molecule has 1 saturated heterocycles. The zero-order valence-electron chi connectivity index (χ0n) is 34.0. The van der Waals surface area contributed by atoms with Crippen molar-refractivity contribution >= 4 is 58.5 Å². The van der Waals surface area contributed by atoms with Crippen molar-refractivity contribution in [3.05, 3.63) is 108 Å². The molecule has 10 heteroatoms. The molecule has 2 aromatic heterocycles. The second-order valence-electron chi connectivity index (χ2n) is 15.7. The Kier molecular flexibility index (Phi) is 13.3. The van der Waals surface area contributed by atoms with Gasteiger partial charge in [0.1, 0.15) is 12.5 Å². The number of Topliss-reactive ketones (excluding diaryl/α,β-unsaturated/α-hetero) is 1. The Balaban J connectivity index is 0.00000580. The van der Waals surface area contributed by atoms with Crippen molar-refractivity contribution in [3.8, 4) is 0 Å². The first-order chi connectivity index (χ1) is 25.8. The zero-order chi connectivity index (χ0) is 39.0. The third-order valence-electron chi connectivity index (χ3n) is 11.8. The van der Waals surface area contributed by atoms with E-state index in [9.17, 15) is 14.4 Å². The fraction of sp³-hybridized carbons (Fsp3) is 0.489. The van der Waals surface area contributed by atoms with E-state index in [2.05, 4.69) is 61.1 Å². The van der Waals surface area contributed by atoms with Crippen molar-refractivity contribution in [2.45, 2.75) is 100.0 Å². The molecule has 3 aliphatic heterocycles. The molecule has 8 bridgehead atoms. The minimum absolute atomic E-state index is 0. The largest absolute Gasteiger partial charge is 2.00 e. The first-order valence-corrected chi connectivity index (χ1v) is 19.5. The van der Waals surface area contributed by atoms with E-state index < -0.39 is 17.9 Å². The van der Waals surface area contributed by atoms with Crippen LogP contribution in [0.4, 0.5) is 0 Å². The van der Waals surface area contributed by atoms with Gasteiger partial charge in [0.25, 0.3) is 0 Å². The number of esters is 2. The van der Waals surface area contributed by atoms with E-state index in [0.29, 0.717) is 39.7 Å². The quantitative estimate of drug-likeness (QED) is 0.0974. The summed E-state index contributed by atoms with van der Waals surface area (Å²) in [5.41, 5.74) is 10.2. The number of hydrogen-bond acceptors (Lipinski definition) is 5. The van der Waals surface area contributed by atoms with E-state index in [4.69, 9.17) is 30.1 Å². The molecule has 0 aromatic carbocycles. The van der Waals surface area contributed by atoms with Crippen LogP contribution in [0.3, 0.4) is 0 Å². The van der Waals surface area contributed by atoms with Gasteiger partial charge in [0, 0.05) is 17.9 Å². The molecule has 4 aliphatic rings. The third-order valence-corrected chi connectivity index (χ3v) is 11.8. The molecular weight excluding hydrogens is 701 g/mol. The maximum Gasteiger partial charge on any atom is 2.00 e. The summed E-state index contributed by atoms with van der Waals surface area (Å²) >= 11 is 0. The van der Waals surface area contributed by atoms with Crippen LogP contribution >= 0.6 is 0 Å². The second-order valence-corrected chi connectivity index (χ2v) is 15.7. The number of hydrogen-bond donors (Lipinski definition) is 0. The van der Waals surface area contributed by atoms with Gasteiger partial charge in [-0.3, -0.25) is 14.4 Å². The molecule has 1 aliphatic carbocycles. The maximum atomic E-state index is 14.3. The van der Waals surface area contributed by atoms with E-state index in [0.717, 1.165) is 64.4 Å². The fourth-order valence-corrected chi connectivity index (χ4v) is 8.56. The number of carbonyl (C=O) groups is 3. The van der Waals surface area contributed by atoms with E-state index in [-0.39, 0.29) is 65.6 Å². The Morgan fingerprint density at radius 3 is 2.44 bits per heavy atom. The molecule has 1 fully saturated rings. The van der Waals surface area contributed by atoms with Crippen molar-refractivity contribution in [1.82, 2.24) is 9.97 Å². The number of allylic oxidation sites excluding steroid dienone is 4. The maximum absolute atomic E-state index is 14.3. The summed E-state index contributed by atoms with van der Waals surface area (Å²) in [6, 6.07) is -0.601. The molecule has 0 saturated carbocycles. The third kappa shape index (κ3) is 8.13. The van der Waals surface area contributed by atoms with Crippen LogP contribution in [0.1, 0.15) is 112 Å². The molecule has 6 rings (SSSR count). The van der Waals surface area contributed by atoms with Gasteiger partial charge in [-0.25, -0.2) is 0 Å². The number of nitrogens with zero attached hydrogens (tertiary/aromatic N) is 4. The predicted molar refractivity (Wildman–Crippen MR) is 218 cm³/mol. The molecule has 1 unspecified atom stereocenters. The second kappa shape index (κ2) is 17.4. The monoisotopic (exact) mass is 754 g/mol. The van der Waals surface area contributed by atoms with Crippen LogP contribution in [-0.4, -0.2) is 60.5 Å². The van der Waals surface area contributed by atoms with Crippen molar-refractivity contribution in [3.63, 3.8) is 0 Å². The van der Waals surface area contributed by atoms with Gasteiger partial charge < -0.3 is 30.1 Å². The Hall–Kier alpha value is -4.02. The molecule has 0 amide bonds. The van der Waals surface area contributed by atoms with Gasteiger partial charge in [0.05, 0.1) is 7.11 Å². The summed E-state index contributed by atoms with van der Waals surface area (Å²) in [6.45, 7) is 21.1. The van der Waals surface area contributed by atoms with Gasteiger partial charge >= 0.3 is 35.0 Å². The van der Waals surface area contributed by atoms with Crippen molar-refractivity contribution in [1.29, 1.82) is 0 Å². The number of aromatic nitrogens is 2. The fourth-order valence-electron chi connectivity index (χ4n) is 8.56. The summed E-state index contributed by atoms with van der Waals surface area (Å²) < 4.78 is 10.9. The molecule has 5 atom stereocenters. The first kappa shape index (κ1) is 42.1. The molecule has 5 heterocycles. The number of ketones is 1. The average molecular weight is 755 g/mol. The molecule has 2 aromatic rings. The van der Waals surface area contributed by atoms with Crippen molar-refractivity contribution in [2.75, 3.05) is 13.7 Å².